The molecule has 1 aromatic rings. The average Bonchev–Trinajstić information content (AvgIpc) is 3.06. The van der Waals surface area contributed by atoms with Crippen LogP contribution in [0.3, 0.4) is 0 Å². The molecule has 1 N–H and O–H groups in total. The van der Waals surface area contributed by atoms with Crippen molar-refractivity contribution in [2.45, 2.75) is 26.3 Å². The normalized spacial score (nSPS) is 15.7. The van der Waals surface area contributed by atoms with Gasteiger partial charge in [0, 0.05) is 19.6 Å². The maximum atomic E-state index is 9.08. The first-order valence-corrected chi connectivity index (χ1v) is 6.17. The quantitative estimate of drug-likeness (QED) is 0.793. The van der Waals surface area contributed by atoms with Gasteiger partial charge in [0.2, 0.25) is 0 Å². The first kappa shape index (κ1) is 11.6. The SMILES string of the molecule is Cc1ccccc1CN(CCO)CC1CC1. The highest BCUT2D eigenvalue weighted by molar-refractivity contribution is 5.25. The molecular weight excluding hydrogens is 198 g/mol. The van der Waals surface area contributed by atoms with Gasteiger partial charge in [0.15, 0.2) is 0 Å². The van der Waals surface area contributed by atoms with Gasteiger partial charge >= 0.3 is 0 Å². The third kappa shape index (κ3) is 3.32. The van der Waals surface area contributed by atoms with Crippen LogP contribution in [0.15, 0.2) is 24.3 Å². The molecule has 1 fully saturated rings. The van der Waals surface area contributed by atoms with E-state index in [-0.39, 0.29) is 6.61 Å². The minimum Gasteiger partial charge on any atom is -0.395 e. The lowest BCUT2D eigenvalue weighted by Gasteiger charge is -2.22. The summed E-state index contributed by atoms with van der Waals surface area (Å²) in [6.07, 6.45) is 2.74. The third-order valence-electron chi connectivity index (χ3n) is 3.28. The molecular formula is C14H21NO. The second-order valence-electron chi connectivity index (χ2n) is 4.83. The van der Waals surface area contributed by atoms with E-state index in [0.717, 1.165) is 25.6 Å². The van der Waals surface area contributed by atoms with Gasteiger partial charge in [-0.25, -0.2) is 0 Å². The second-order valence-corrected chi connectivity index (χ2v) is 4.83. The first-order chi connectivity index (χ1) is 7.79. The maximum absolute atomic E-state index is 9.08. The molecule has 0 unspecified atom stereocenters. The number of benzene rings is 1. The molecule has 0 aliphatic heterocycles. The Morgan fingerprint density at radius 1 is 1.31 bits per heavy atom. The number of aryl methyl sites for hydroxylation is 1. The highest BCUT2D eigenvalue weighted by Crippen LogP contribution is 2.30. The van der Waals surface area contributed by atoms with Crippen LogP contribution in [0.1, 0.15) is 24.0 Å². The van der Waals surface area contributed by atoms with E-state index in [0.29, 0.717) is 0 Å². The Hall–Kier alpha value is -0.860. The van der Waals surface area contributed by atoms with Crippen molar-refractivity contribution in [3.8, 4) is 0 Å². The molecule has 0 radical (unpaired) electrons. The first-order valence-electron chi connectivity index (χ1n) is 6.17. The van der Waals surface area contributed by atoms with Gasteiger partial charge in [-0.1, -0.05) is 24.3 Å². The van der Waals surface area contributed by atoms with Crippen LogP contribution in [0.25, 0.3) is 0 Å². The van der Waals surface area contributed by atoms with Gasteiger partial charge in [-0.2, -0.15) is 0 Å². The van der Waals surface area contributed by atoms with E-state index in [2.05, 4.69) is 36.1 Å². The minimum atomic E-state index is 0.263. The molecule has 0 spiro atoms. The largest absolute Gasteiger partial charge is 0.395 e. The predicted octanol–water partition coefficient (Wildman–Crippen LogP) is 2.20. The average molecular weight is 219 g/mol. The Labute approximate surface area is 97.9 Å². The van der Waals surface area contributed by atoms with Crippen molar-refractivity contribution >= 4 is 0 Å². The van der Waals surface area contributed by atoms with Crippen molar-refractivity contribution in [1.29, 1.82) is 0 Å². The summed E-state index contributed by atoms with van der Waals surface area (Å²) in [7, 11) is 0. The highest BCUT2D eigenvalue weighted by Gasteiger charge is 2.24. The molecule has 1 aliphatic rings. The number of hydrogen-bond donors (Lipinski definition) is 1. The van der Waals surface area contributed by atoms with Crippen LogP contribution in [0.2, 0.25) is 0 Å². The summed E-state index contributed by atoms with van der Waals surface area (Å²) < 4.78 is 0. The maximum Gasteiger partial charge on any atom is 0.0558 e. The zero-order chi connectivity index (χ0) is 11.4. The lowest BCUT2D eigenvalue weighted by molar-refractivity contribution is 0.184. The van der Waals surface area contributed by atoms with Gasteiger partial charge in [-0.05, 0) is 36.8 Å². The van der Waals surface area contributed by atoms with Crippen molar-refractivity contribution < 1.29 is 5.11 Å². The van der Waals surface area contributed by atoms with E-state index in [9.17, 15) is 0 Å². The Morgan fingerprint density at radius 3 is 2.69 bits per heavy atom. The smallest absolute Gasteiger partial charge is 0.0558 e. The molecule has 2 heteroatoms. The molecule has 88 valence electrons. The number of aliphatic hydroxyl groups excluding tert-OH is 1. The van der Waals surface area contributed by atoms with E-state index < -0.39 is 0 Å². The number of rotatable bonds is 6. The van der Waals surface area contributed by atoms with E-state index in [4.69, 9.17) is 5.11 Å². The van der Waals surface area contributed by atoms with Crippen LogP contribution in [-0.2, 0) is 6.54 Å². The third-order valence-corrected chi connectivity index (χ3v) is 3.28. The standard InChI is InChI=1S/C14H21NO/c1-12-4-2-3-5-14(12)11-15(8-9-16)10-13-6-7-13/h2-5,13,16H,6-11H2,1H3. The Bertz CT molecular complexity index is 333. The van der Waals surface area contributed by atoms with Crippen LogP contribution in [0.4, 0.5) is 0 Å². The summed E-state index contributed by atoms with van der Waals surface area (Å²) in [6.45, 7) is 5.34. The summed E-state index contributed by atoms with van der Waals surface area (Å²) in [5, 5.41) is 9.08. The van der Waals surface area contributed by atoms with E-state index in [1.54, 1.807) is 0 Å². The number of aliphatic hydroxyl groups is 1. The molecule has 0 aromatic heterocycles. The summed E-state index contributed by atoms with van der Waals surface area (Å²) in [5.74, 6) is 0.885. The minimum absolute atomic E-state index is 0.263. The molecule has 0 amide bonds. The van der Waals surface area contributed by atoms with Gasteiger partial charge in [-0.15, -0.1) is 0 Å². The fourth-order valence-electron chi connectivity index (χ4n) is 2.07. The van der Waals surface area contributed by atoms with Crippen LogP contribution < -0.4 is 0 Å². The summed E-state index contributed by atoms with van der Waals surface area (Å²) >= 11 is 0. The van der Waals surface area contributed by atoms with E-state index >= 15 is 0 Å². The fraction of sp³-hybridized carbons (Fsp3) is 0.571. The van der Waals surface area contributed by atoms with Gasteiger partial charge in [-0.3, -0.25) is 4.90 Å². The lowest BCUT2D eigenvalue weighted by atomic mass is 10.1. The number of nitrogens with zero attached hydrogens (tertiary/aromatic N) is 1. The highest BCUT2D eigenvalue weighted by atomic mass is 16.3. The van der Waals surface area contributed by atoms with Crippen molar-refractivity contribution in [2.75, 3.05) is 19.7 Å². The molecule has 0 bridgehead atoms. The Balaban J connectivity index is 1.95. The molecule has 1 aliphatic carbocycles. The summed E-state index contributed by atoms with van der Waals surface area (Å²) in [4.78, 5) is 2.38. The van der Waals surface area contributed by atoms with Crippen LogP contribution in [-0.4, -0.2) is 29.7 Å². The van der Waals surface area contributed by atoms with Crippen LogP contribution in [0.5, 0.6) is 0 Å². The fourth-order valence-corrected chi connectivity index (χ4v) is 2.07. The molecule has 0 saturated heterocycles. The molecule has 1 aromatic carbocycles. The molecule has 0 heterocycles. The molecule has 16 heavy (non-hydrogen) atoms. The molecule has 2 nitrogen and oxygen atoms in total. The monoisotopic (exact) mass is 219 g/mol. The van der Waals surface area contributed by atoms with Gasteiger partial charge in [0.25, 0.3) is 0 Å². The van der Waals surface area contributed by atoms with Gasteiger partial charge < -0.3 is 5.11 Å². The Morgan fingerprint density at radius 2 is 2.06 bits per heavy atom. The molecule has 0 atom stereocenters. The van der Waals surface area contributed by atoms with Crippen LogP contribution in [0, 0.1) is 12.8 Å². The van der Waals surface area contributed by atoms with E-state index in [1.165, 1.54) is 24.0 Å². The van der Waals surface area contributed by atoms with E-state index in [1.807, 2.05) is 0 Å². The molecule has 2 rings (SSSR count). The zero-order valence-electron chi connectivity index (χ0n) is 10.0. The topological polar surface area (TPSA) is 23.5 Å². The second kappa shape index (κ2) is 5.46. The van der Waals surface area contributed by atoms with Crippen LogP contribution >= 0.6 is 0 Å². The van der Waals surface area contributed by atoms with Gasteiger partial charge in [0.1, 0.15) is 0 Å². The van der Waals surface area contributed by atoms with Crippen molar-refractivity contribution in [3.63, 3.8) is 0 Å². The predicted molar refractivity (Wildman–Crippen MR) is 66.3 cm³/mol. The lowest BCUT2D eigenvalue weighted by Crippen LogP contribution is -2.28. The van der Waals surface area contributed by atoms with Crippen molar-refractivity contribution in [1.82, 2.24) is 4.90 Å². The zero-order valence-corrected chi connectivity index (χ0v) is 10.0. The number of hydrogen-bond acceptors (Lipinski definition) is 2. The molecule has 1 saturated carbocycles. The van der Waals surface area contributed by atoms with Gasteiger partial charge in [0.05, 0.1) is 6.61 Å². The summed E-state index contributed by atoms with van der Waals surface area (Å²) in [5.41, 5.74) is 2.73. The van der Waals surface area contributed by atoms with Crippen molar-refractivity contribution in [3.05, 3.63) is 35.4 Å². The summed E-state index contributed by atoms with van der Waals surface area (Å²) in [6, 6.07) is 8.52. The Kier molecular flexibility index (Phi) is 3.97. The van der Waals surface area contributed by atoms with Crippen molar-refractivity contribution in [2.24, 2.45) is 5.92 Å².